The van der Waals surface area contributed by atoms with Crippen LogP contribution in [0.15, 0.2) is 18.2 Å². The summed E-state index contributed by atoms with van der Waals surface area (Å²) in [7, 11) is 0. The summed E-state index contributed by atoms with van der Waals surface area (Å²) >= 11 is 0. The Labute approximate surface area is 108 Å². The summed E-state index contributed by atoms with van der Waals surface area (Å²) in [5, 5.41) is 18.5. The molecular weight excluding hydrogens is 228 g/mol. The van der Waals surface area contributed by atoms with Crippen molar-refractivity contribution in [2.45, 2.75) is 46.5 Å². The van der Waals surface area contributed by atoms with Gasteiger partial charge in [0.2, 0.25) is 0 Å². The predicted molar refractivity (Wildman–Crippen MR) is 71.8 cm³/mol. The first-order chi connectivity index (χ1) is 8.28. The van der Waals surface area contributed by atoms with Crippen molar-refractivity contribution in [2.75, 3.05) is 0 Å². The highest BCUT2D eigenvalue weighted by atomic mass is 16.3. The third-order valence-electron chi connectivity index (χ3n) is 2.89. The molecule has 3 nitrogen and oxygen atoms in total. The van der Waals surface area contributed by atoms with Crippen LogP contribution in [0.5, 0.6) is 11.5 Å². The predicted octanol–water partition coefficient (Wildman–Crippen LogP) is 3.43. The Bertz CT molecular complexity index is 416. The van der Waals surface area contributed by atoms with Gasteiger partial charge in [0.25, 0.3) is 0 Å². The van der Waals surface area contributed by atoms with E-state index in [9.17, 15) is 15.0 Å². The SMILES string of the molecule is CC(C)(C)CCC(=O)CCc1ccc(O)c(O)c1. The molecule has 1 aromatic rings. The van der Waals surface area contributed by atoms with Gasteiger partial charge in [-0.1, -0.05) is 26.8 Å². The fraction of sp³-hybridized carbons (Fsp3) is 0.533. The topological polar surface area (TPSA) is 57.5 Å². The second-order valence-electron chi connectivity index (χ2n) is 5.92. The van der Waals surface area contributed by atoms with E-state index >= 15 is 0 Å². The zero-order valence-electron chi connectivity index (χ0n) is 11.4. The number of ketones is 1. The number of phenolic OH excluding ortho intramolecular Hbond substituents is 2. The number of aromatic hydroxyl groups is 2. The Morgan fingerprint density at radius 1 is 1.11 bits per heavy atom. The molecule has 0 fully saturated rings. The van der Waals surface area contributed by atoms with Gasteiger partial charge >= 0.3 is 0 Å². The van der Waals surface area contributed by atoms with Crippen LogP contribution < -0.4 is 0 Å². The average molecular weight is 250 g/mol. The van der Waals surface area contributed by atoms with Crippen LogP contribution in [0.4, 0.5) is 0 Å². The Balaban J connectivity index is 2.40. The molecule has 0 spiro atoms. The molecular formula is C15H22O3. The molecule has 0 saturated carbocycles. The summed E-state index contributed by atoms with van der Waals surface area (Å²) in [6.07, 6.45) is 2.59. The first kappa shape index (κ1) is 14.6. The molecule has 0 amide bonds. The fourth-order valence-corrected chi connectivity index (χ4v) is 1.65. The van der Waals surface area contributed by atoms with Crippen LogP contribution in [-0.4, -0.2) is 16.0 Å². The Morgan fingerprint density at radius 3 is 2.33 bits per heavy atom. The summed E-state index contributed by atoms with van der Waals surface area (Å²) in [5.41, 5.74) is 1.06. The molecule has 0 saturated heterocycles. The maximum atomic E-state index is 11.7. The number of aryl methyl sites for hydroxylation is 1. The summed E-state index contributed by atoms with van der Waals surface area (Å²) in [6.45, 7) is 6.37. The first-order valence-electron chi connectivity index (χ1n) is 6.30. The van der Waals surface area contributed by atoms with Crippen LogP contribution in [0.1, 0.15) is 45.6 Å². The Kier molecular flexibility index (Phi) is 4.76. The quantitative estimate of drug-likeness (QED) is 0.787. The lowest BCUT2D eigenvalue weighted by Crippen LogP contribution is -2.09. The van der Waals surface area contributed by atoms with E-state index in [1.165, 1.54) is 12.1 Å². The van der Waals surface area contributed by atoms with E-state index < -0.39 is 0 Å². The smallest absolute Gasteiger partial charge is 0.157 e. The number of hydrogen-bond donors (Lipinski definition) is 2. The average Bonchev–Trinajstić information content (AvgIpc) is 2.27. The number of carbonyl (C=O) groups excluding carboxylic acids is 1. The van der Waals surface area contributed by atoms with Gasteiger partial charge in [0.15, 0.2) is 11.5 Å². The largest absolute Gasteiger partial charge is 0.504 e. The zero-order valence-corrected chi connectivity index (χ0v) is 11.4. The van der Waals surface area contributed by atoms with Crippen molar-refractivity contribution in [1.82, 2.24) is 0 Å². The number of Topliss-reactive ketones (excluding diaryl/α,β-unsaturated/α-hetero) is 1. The molecule has 1 aromatic carbocycles. The van der Waals surface area contributed by atoms with E-state index in [0.29, 0.717) is 19.3 Å². The Hall–Kier alpha value is -1.51. The molecule has 0 aliphatic rings. The highest BCUT2D eigenvalue weighted by molar-refractivity contribution is 5.78. The number of phenols is 2. The zero-order chi connectivity index (χ0) is 13.8. The molecule has 1 rings (SSSR count). The van der Waals surface area contributed by atoms with E-state index in [4.69, 9.17) is 0 Å². The molecule has 0 radical (unpaired) electrons. The molecule has 0 aliphatic carbocycles. The molecule has 3 heteroatoms. The maximum absolute atomic E-state index is 11.7. The van der Waals surface area contributed by atoms with Gasteiger partial charge < -0.3 is 10.2 Å². The number of hydrogen-bond acceptors (Lipinski definition) is 3. The van der Waals surface area contributed by atoms with Crippen molar-refractivity contribution in [3.63, 3.8) is 0 Å². The van der Waals surface area contributed by atoms with Gasteiger partial charge in [-0.05, 0) is 36.0 Å². The molecule has 0 unspecified atom stereocenters. The van der Waals surface area contributed by atoms with Gasteiger partial charge in [0.1, 0.15) is 5.78 Å². The number of benzene rings is 1. The van der Waals surface area contributed by atoms with Gasteiger partial charge in [0, 0.05) is 12.8 Å². The maximum Gasteiger partial charge on any atom is 0.157 e. The second-order valence-corrected chi connectivity index (χ2v) is 5.92. The summed E-state index contributed by atoms with van der Waals surface area (Å²) in [5.74, 6) is -0.00932. The molecule has 100 valence electrons. The van der Waals surface area contributed by atoms with Gasteiger partial charge in [-0.15, -0.1) is 0 Å². The van der Waals surface area contributed by atoms with Crippen molar-refractivity contribution in [2.24, 2.45) is 5.41 Å². The lowest BCUT2D eigenvalue weighted by atomic mass is 9.89. The molecule has 2 N–H and O–H groups in total. The third kappa shape index (κ3) is 5.21. The fourth-order valence-electron chi connectivity index (χ4n) is 1.65. The minimum Gasteiger partial charge on any atom is -0.504 e. The van der Waals surface area contributed by atoms with Crippen molar-refractivity contribution >= 4 is 5.78 Å². The number of carbonyl (C=O) groups is 1. The first-order valence-corrected chi connectivity index (χ1v) is 6.30. The van der Waals surface area contributed by atoms with Crippen LogP contribution in [0.25, 0.3) is 0 Å². The number of rotatable bonds is 5. The molecule has 0 atom stereocenters. The summed E-state index contributed by atoms with van der Waals surface area (Å²) in [4.78, 5) is 11.7. The van der Waals surface area contributed by atoms with Crippen LogP contribution in [0.3, 0.4) is 0 Å². The highest BCUT2D eigenvalue weighted by Gasteiger charge is 2.13. The molecule has 0 heterocycles. The van der Waals surface area contributed by atoms with E-state index in [-0.39, 0.29) is 22.7 Å². The van der Waals surface area contributed by atoms with E-state index in [1.807, 2.05) is 0 Å². The van der Waals surface area contributed by atoms with E-state index in [0.717, 1.165) is 12.0 Å². The van der Waals surface area contributed by atoms with Gasteiger partial charge in [-0.25, -0.2) is 0 Å². The normalized spacial score (nSPS) is 11.5. The third-order valence-corrected chi connectivity index (χ3v) is 2.89. The van der Waals surface area contributed by atoms with Crippen LogP contribution in [-0.2, 0) is 11.2 Å². The molecule has 0 aromatic heterocycles. The minimum absolute atomic E-state index is 0.127. The van der Waals surface area contributed by atoms with Crippen molar-refractivity contribution in [3.8, 4) is 11.5 Å². The van der Waals surface area contributed by atoms with Crippen LogP contribution in [0.2, 0.25) is 0 Å². The van der Waals surface area contributed by atoms with Crippen molar-refractivity contribution in [3.05, 3.63) is 23.8 Å². The summed E-state index contributed by atoms with van der Waals surface area (Å²) in [6, 6.07) is 4.68. The standard InChI is InChI=1S/C15H22O3/c1-15(2,3)9-8-12(16)6-4-11-5-7-13(17)14(18)10-11/h5,7,10,17-18H,4,6,8-9H2,1-3H3. The van der Waals surface area contributed by atoms with Gasteiger partial charge in [-0.2, -0.15) is 0 Å². The monoisotopic (exact) mass is 250 g/mol. The lowest BCUT2D eigenvalue weighted by molar-refractivity contribution is -0.119. The van der Waals surface area contributed by atoms with Crippen LogP contribution in [0, 0.1) is 5.41 Å². The van der Waals surface area contributed by atoms with E-state index in [1.54, 1.807) is 6.07 Å². The lowest BCUT2D eigenvalue weighted by Gasteiger charge is -2.16. The molecule has 0 bridgehead atoms. The summed E-state index contributed by atoms with van der Waals surface area (Å²) < 4.78 is 0. The van der Waals surface area contributed by atoms with Gasteiger partial charge in [0.05, 0.1) is 0 Å². The highest BCUT2D eigenvalue weighted by Crippen LogP contribution is 2.26. The Morgan fingerprint density at radius 2 is 1.78 bits per heavy atom. The minimum atomic E-state index is -0.130. The van der Waals surface area contributed by atoms with Crippen molar-refractivity contribution < 1.29 is 15.0 Å². The second kappa shape index (κ2) is 5.89. The van der Waals surface area contributed by atoms with Gasteiger partial charge in [-0.3, -0.25) is 4.79 Å². The van der Waals surface area contributed by atoms with E-state index in [2.05, 4.69) is 20.8 Å². The molecule has 0 aliphatic heterocycles. The molecule has 18 heavy (non-hydrogen) atoms. The van der Waals surface area contributed by atoms with Crippen LogP contribution >= 0.6 is 0 Å². The van der Waals surface area contributed by atoms with Crippen molar-refractivity contribution in [1.29, 1.82) is 0 Å².